The molecule has 0 aliphatic heterocycles. The molecule has 0 saturated heterocycles. The van der Waals surface area contributed by atoms with Gasteiger partial charge in [0, 0.05) is 12.2 Å². The predicted molar refractivity (Wildman–Crippen MR) is 76.6 cm³/mol. The Bertz CT molecular complexity index is 382. The van der Waals surface area contributed by atoms with Crippen molar-refractivity contribution in [3.8, 4) is 0 Å². The Kier molecular flexibility index (Phi) is 6.34. The van der Waals surface area contributed by atoms with Crippen LogP contribution in [0.15, 0.2) is 11.6 Å². The Morgan fingerprint density at radius 1 is 1.29 bits per heavy atom. The SMILES string of the molecule is CC(=CC(O)C(O)C(C)(O)C1CCC(CO)CC1)C(=O)O. The smallest absolute Gasteiger partial charge is 0.331 e. The molecule has 6 heteroatoms. The second-order valence-electron chi connectivity index (χ2n) is 6.22. The van der Waals surface area contributed by atoms with Gasteiger partial charge in [0.25, 0.3) is 0 Å². The standard InChI is InChI=1S/C15H26O6/c1-9(14(19)20)7-12(17)13(18)15(2,21)11-5-3-10(8-16)4-6-11/h7,10-13,16-18,21H,3-6,8H2,1-2H3,(H,19,20). The van der Waals surface area contributed by atoms with Crippen molar-refractivity contribution in [1.29, 1.82) is 0 Å². The fraction of sp³-hybridized carbons (Fsp3) is 0.800. The molecule has 1 saturated carbocycles. The molecule has 0 aromatic rings. The van der Waals surface area contributed by atoms with Gasteiger partial charge in [-0.1, -0.05) is 0 Å². The van der Waals surface area contributed by atoms with Crippen LogP contribution in [0.1, 0.15) is 39.5 Å². The summed E-state index contributed by atoms with van der Waals surface area (Å²) >= 11 is 0. The maximum Gasteiger partial charge on any atom is 0.331 e. The van der Waals surface area contributed by atoms with E-state index in [2.05, 4.69) is 0 Å². The van der Waals surface area contributed by atoms with E-state index in [1.54, 1.807) is 0 Å². The van der Waals surface area contributed by atoms with Crippen molar-refractivity contribution >= 4 is 5.97 Å². The molecule has 6 nitrogen and oxygen atoms in total. The summed E-state index contributed by atoms with van der Waals surface area (Å²) < 4.78 is 0. The molecule has 5 N–H and O–H groups in total. The van der Waals surface area contributed by atoms with Crippen molar-refractivity contribution in [2.24, 2.45) is 11.8 Å². The van der Waals surface area contributed by atoms with E-state index in [0.29, 0.717) is 12.8 Å². The summed E-state index contributed by atoms with van der Waals surface area (Å²) in [6.45, 7) is 2.91. The lowest BCUT2D eigenvalue weighted by Gasteiger charge is -2.41. The fourth-order valence-corrected chi connectivity index (χ4v) is 2.94. The molecule has 122 valence electrons. The number of hydrogen-bond acceptors (Lipinski definition) is 5. The molecular formula is C15H26O6. The molecule has 1 aliphatic rings. The summed E-state index contributed by atoms with van der Waals surface area (Å²) in [4.78, 5) is 10.7. The van der Waals surface area contributed by atoms with Gasteiger partial charge < -0.3 is 25.5 Å². The van der Waals surface area contributed by atoms with Crippen LogP contribution in [0.3, 0.4) is 0 Å². The number of hydrogen-bond donors (Lipinski definition) is 5. The van der Waals surface area contributed by atoms with E-state index in [9.17, 15) is 20.1 Å². The third-order valence-corrected chi connectivity index (χ3v) is 4.61. The van der Waals surface area contributed by atoms with Gasteiger partial charge in [0.2, 0.25) is 0 Å². The molecule has 3 atom stereocenters. The highest BCUT2D eigenvalue weighted by atomic mass is 16.4. The molecule has 3 unspecified atom stereocenters. The molecular weight excluding hydrogens is 276 g/mol. The third kappa shape index (κ3) is 4.51. The number of carboxylic acid groups (broad SMARTS) is 1. The van der Waals surface area contributed by atoms with E-state index < -0.39 is 23.8 Å². The van der Waals surface area contributed by atoms with E-state index in [1.807, 2.05) is 0 Å². The van der Waals surface area contributed by atoms with Gasteiger partial charge in [0.15, 0.2) is 0 Å². The Balaban J connectivity index is 2.73. The normalized spacial score (nSPS) is 29.5. The first-order chi connectivity index (χ1) is 9.70. The van der Waals surface area contributed by atoms with Crippen LogP contribution in [-0.4, -0.2) is 55.9 Å². The number of aliphatic hydroxyl groups excluding tert-OH is 3. The van der Waals surface area contributed by atoms with Gasteiger partial charge in [0.1, 0.15) is 12.2 Å². The van der Waals surface area contributed by atoms with Gasteiger partial charge in [-0.2, -0.15) is 0 Å². The third-order valence-electron chi connectivity index (χ3n) is 4.61. The Hall–Kier alpha value is -0.950. The molecule has 0 radical (unpaired) electrons. The Morgan fingerprint density at radius 2 is 1.81 bits per heavy atom. The lowest BCUT2D eigenvalue weighted by molar-refractivity contribution is -0.143. The summed E-state index contributed by atoms with van der Waals surface area (Å²) in [6, 6.07) is 0. The molecule has 0 bridgehead atoms. The van der Waals surface area contributed by atoms with Crippen LogP contribution in [0.4, 0.5) is 0 Å². The predicted octanol–water partition coefficient (Wildman–Crippen LogP) is 0.289. The second-order valence-corrected chi connectivity index (χ2v) is 6.22. The molecule has 0 heterocycles. The summed E-state index contributed by atoms with van der Waals surface area (Å²) in [5.74, 6) is -1.14. The first-order valence-electron chi connectivity index (χ1n) is 7.31. The van der Waals surface area contributed by atoms with Crippen LogP contribution in [0.5, 0.6) is 0 Å². The molecule has 0 aromatic heterocycles. The molecule has 21 heavy (non-hydrogen) atoms. The van der Waals surface area contributed by atoms with Gasteiger partial charge >= 0.3 is 5.97 Å². The highest BCUT2D eigenvalue weighted by molar-refractivity contribution is 5.85. The van der Waals surface area contributed by atoms with E-state index >= 15 is 0 Å². The van der Waals surface area contributed by atoms with E-state index in [-0.39, 0.29) is 24.0 Å². The number of aliphatic carboxylic acids is 1. The van der Waals surface area contributed by atoms with Crippen molar-refractivity contribution in [2.45, 2.75) is 57.3 Å². The summed E-state index contributed by atoms with van der Waals surface area (Å²) in [5, 5.41) is 48.5. The van der Waals surface area contributed by atoms with Gasteiger partial charge in [-0.3, -0.25) is 0 Å². The van der Waals surface area contributed by atoms with Crippen LogP contribution < -0.4 is 0 Å². The molecule has 1 rings (SSSR count). The zero-order valence-electron chi connectivity index (χ0n) is 12.6. The van der Waals surface area contributed by atoms with Gasteiger partial charge in [-0.25, -0.2) is 4.79 Å². The van der Waals surface area contributed by atoms with E-state index in [1.165, 1.54) is 13.8 Å². The van der Waals surface area contributed by atoms with E-state index in [0.717, 1.165) is 18.9 Å². The minimum Gasteiger partial charge on any atom is -0.478 e. The molecule has 0 spiro atoms. The van der Waals surface area contributed by atoms with E-state index in [4.69, 9.17) is 10.2 Å². The number of aliphatic hydroxyl groups is 4. The average Bonchev–Trinajstić information content (AvgIpc) is 2.46. The van der Waals surface area contributed by atoms with Crippen LogP contribution in [0.25, 0.3) is 0 Å². The highest BCUT2D eigenvalue weighted by Gasteiger charge is 2.43. The van der Waals surface area contributed by atoms with Gasteiger partial charge in [-0.15, -0.1) is 0 Å². The van der Waals surface area contributed by atoms with Crippen LogP contribution in [0.2, 0.25) is 0 Å². The van der Waals surface area contributed by atoms with Gasteiger partial charge in [-0.05, 0) is 57.4 Å². The first-order valence-corrected chi connectivity index (χ1v) is 7.31. The summed E-state index contributed by atoms with van der Waals surface area (Å²) in [7, 11) is 0. The maximum atomic E-state index is 10.7. The minimum atomic E-state index is -1.50. The van der Waals surface area contributed by atoms with Crippen molar-refractivity contribution in [3.63, 3.8) is 0 Å². The molecule has 0 amide bonds. The molecule has 0 aromatic carbocycles. The summed E-state index contributed by atoms with van der Waals surface area (Å²) in [6.07, 6.45) is 0.997. The Morgan fingerprint density at radius 3 is 2.24 bits per heavy atom. The Labute approximate surface area is 124 Å². The maximum absolute atomic E-state index is 10.7. The van der Waals surface area contributed by atoms with Crippen LogP contribution in [-0.2, 0) is 4.79 Å². The quantitative estimate of drug-likeness (QED) is 0.450. The van der Waals surface area contributed by atoms with Crippen molar-refractivity contribution < 1.29 is 30.3 Å². The van der Waals surface area contributed by atoms with Crippen LogP contribution >= 0.6 is 0 Å². The number of rotatable bonds is 6. The monoisotopic (exact) mass is 302 g/mol. The molecule has 1 fully saturated rings. The fourth-order valence-electron chi connectivity index (χ4n) is 2.94. The lowest BCUT2D eigenvalue weighted by Crippen LogP contribution is -2.52. The highest BCUT2D eigenvalue weighted by Crippen LogP contribution is 2.37. The summed E-state index contributed by atoms with van der Waals surface area (Å²) in [5.41, 5.74) is -1.59. The van der Waals surface area contributed by atoms with Crippen molar-refractivity contribution in [3.05, 3.63) is 11.6 Å². The number of carbonyl (C=O) groups is 1. The second kappa shape index (κ2) is 7.35. The van der Waals surface area contributed by atoms with Crippen LogP contribution in [0, 0.1) is 11.8 Å². The minimum absolute atomic E-state index is 0.0821. The van der Waals surface area contributed by atoms with Gasteiger partial charge in [0.05, 0.1) is 5.60 Å². The average molecular weight is 302 g/mol. The van der Waals surface area contributed by atoms with Crippen molar-refractivity contribution in [2.75, 3.05) is 6.61 Å². The zero-order chi connectivity index (χ0) is 16.2. The largest absolute Gasteiger partial charge is 0.478 e. The first kappa shape index (κ1) is 18.1. The topological polar surface area (TPSA) is 118 Å². The zero-order valence-corrected chi connectivity index (χ0v) is 12.6. The lowest BCUT2D eigenvalue weighted by atomic mass is 9.71. The molecule has 1 aliphatic carbocycles. The number of carboxylic acids is 1. The van der Waals surface area contributed by atoms with Crippen molar-refractivity contribution in [1.82, 2.24) is 0 Å².